The minimum atomic E-state index is -0.747. The van der Waals surface area contributed by atoms with E-state index in [2.05, 4.69) is 10.1 Å². The summed E-state index contributed by atoms with van der Waals surface area (Å²) in [7, 11) is 1.41. The Bertz CT molecular complexity index is 473. The van der Waals surface area contributed by atoms with E-state index in [1.54, 1.807) is 0 Å². The average molecular weight is 225 g/mol. The van der Waals surface area contributed by atoms with Crippen molar-refractivity contribution in [1.29, 1.82) is 0 Å². The van der Waals surface area contributed by atoms with Crippen LogP contribution in [0, 0.1) is 11.6 Å². The minimum Gasteiger partial charge on any atom is -0.355 e. The summed E-state index contributed by atoms with van der Waals surface area (Å²) in [5.41, 5.74) is 0.203. The number of aromatic nitrogens is 3. The first-order chi connectivity index (χ1) is 7.72. The third-order valence-electron chi connectivity index (χ3n) is 2.13. The molecule has 0 aliphatic carbocycles. The number of methoxy groups -OCH3 is 1. The van der Waals surface area contributed by atoms with Gasteiger partial charge in [0.2, 0.25) is 0 Å². The Morgan fingerprint density at radius 2 is 2.19 bits per heavy atom. The second kappa shape index (κ2) is 4.36. The maximum Gasteiger partial charge on any atom is 0.180 e. The van der Waals surface area contributed by atoms with Crippen LogP contribution in [0.15, 0.2) is 30.9 Å². The lowest BCUT2D eigenvalue weighted by Gasteiger charge is -2.16. The van der Waals surface area contributed by atoms with Crippen LogP contribution in [-0.2, 0) is 4.74 Å². The van der Waals surface area contributed by atoms with E-state index < -0.39 is 17.9 Å². The van der Waals surface area contributed by atoms with Crippen molar-refractivity contribution in [3.63, 3.8) is 0 Å². The second-order valence-electron chi connectivity index (χ2n) is 3.13. The Hall–Kier alpha value is -1.82. The fourth-order valence-electron chi connectivity index (χ4n) is 1.42. The SMILES string of the molecule is COC(c1ccc(F)cc1F)n1cncn1. The molecule has 1 heterocycles. The Labute approximate surface area is 90.5 Å². The molecule has 1 atom stereocenters. The highest BCUT2D eigenvalue weighted by Crippen LogP contribution is 2.21. The van der Waals surface area contributed by atoms with Crippen molar-refractivity contribution < 1.29 is 13.5 Å². The molecule has 0 bridgehead atoms. The molecule has 0 spiro atoms. The molecule has 6 heteroatoms. The van der Waals surface area contributed by atoms with E-state index in [-0.39, 0.29) is 5.56 Å². The van der Waals surface area contributed by atoms with Crippen LogP contribution in [0.4, 0.5) is 8.78 Å². The molecule has 0 radical (unpaired) electrons. The van der Waals surface area contributed by atoms with Crippen molar-refractivity contribution in [1.82, 2.24) is 14.8 Å². The number of halogens is 2. The number of ether oxygens (including phenoxy) is 1. The third kappa shape index (κ3) is 1.92. The van der Waals surface area contributed by atoms with E-state index in [9.17, 15) is 8.78 Å². The topological polar surface area (TPSA) is 39.9 Å². The first-order valence-electron chi connectivity index (χ1n) is 4.54. The van der Waals surface area contributed by atoms with Crippen molar-refractivity contribution in [2.45, 2.75) is 6.23 Å². The molecule has 0 fully saturated rings. The van der Waals surface area contributed by atoms with Crippen LogP contribution in [0.5, 0.6) is 0 Å². The maximum absolute atomic E-state index is 13.5. The Balaban J connectivity index is 2.41. The van der Waals surface area contributed by atoms with E-state index in [0.717, 1.165) is 6.07 Å². The van der Waals surface area contributed by atoms with Gasteiger partial charge in [-0.3, -0.25) is 0 Å². The van der Waals surface area contributed by atoms with Gasteiger partial charge >= 0.3 is 0 Å². The van der Waals surface area contributed by atoms with E-state index in [1.807, 2.05) is 0 Å². The molecule has 0 aliphatic heterocycles. The molecule has 16 heavy (non-hydrogen) atoms. The smallest absolute Gasteiger partial charge is 0.180 e. The molecule has 0 saturated heterocycles. The lowest BCUT2D eigenvalue weighted by Crippen LogP contribution is -2.14. The van der Waals surface area contributed by atoms with E-state index in [0.29, 0.717) is 0 Å². The third-order valence-corrected chi connectivity index (χ3v) is 2.13. The molecule has 1 unspecified atom stereocenters. The summed E-state index contributed by atoms with van der Waals surface area (Å²) < 4.78 is 32.7. The summed E-state index contributed by atoms with van der Waals surface area (Å²) in [6.07, 6.45) is 1.97. The van der Waals surface area contributed by atoms with Gasteiger partial charge < -0.3 is 4.74 Å². The van der Waals surface area contributed by atoms with E-state index in [1.165, 1.54) is 36.6 Å². The van der Waals surface area contributed by atoms with Crippen LogP contribution in [0.1, 0.15) is 11.8 Å². The molecule has 0 N–H and O–H groups in total. The normalized spacial score (nSPS) is 12.7. The van der Waals surface area contributed by atoms with Crippen LogP contribution in [0.2, 0.25) is 0 Å². The predicted octanol–water partition coefficient (Wildman–Crippen LogP) is 1.75. The number of hydrogen-bond donors (Lipinski definition) is 0. The zero-order valence-corrected chi connectivity index (χ0v) is 8.47. The van der Waals surface area contributed by atoms with E-state index in [4.69, 9.17) is 4.74 Å². The van der Waals surface area contributed by atoms with Crippen molar-refractivity contribution in [2.24, 2.45) is 0 Å². The summed E-state index contributed by atoms with van der Waals surface area (Å²) in [5.74, 6) is -1.31. The van der Waals surface area contributed by atoms with Gasteiger partial charge in [0.05, 0.1) is 0 Å². The van der Waals surface area contributed by atoms with Crippen molar-refractivity contribution >= 4 is 0 Å². The highest BCUT2D eigenvalue weighted by molar-refractivity contribution is 5.21. The molecular formula is C10H9F2N3O. The summed E-state index contributed by atoms with van der Waals surface area (Å²) >= 11 is 0. The standard InChI is InChI=1S/C10H9F2N3O/c1-16-10(15-6-13-5-14-15)8-3-2-7(11)4-9(8)12/h2-6,10H,1H3. The molecule has 0 saturated carbocycles. The fraction of sp³-hybridized carbons (Fsp3) is 0.200. The summed E-state index contributed by atoms with van der Waals surface area (Å²) in [4.78, 5) is 3.74. The van der Waals surface area contributed by atoms with Gasteiger partial charge in [-0.15, -0.1) is 0 Å². The molecule has 1 aromatic carbocycles. The summed E-state index contributed by atoms with van der Waals surface area (Å²) in [6.45, 7) is 0. The summed E-state index contributed by atoms with van der Waals surface area (Å²) in [5, 5.41) is 3.85. The largest absolute Gasteiger partial charge is 0.355 e. The highest BCUT2D eigenvalue weighted by Gasteiger charge is 2.17. The minimum absolute atomic E-state index is 0.203. The van der Waals surface area contributed by atoms with Crippen LogP contribution in [-0.4, -0.2) is 21.9 Å². The number of hydrogen-bond acceptors (Lipinski definition) is 3. The van der Waals surface area contributed by atoms with Crippen LogP contribution in [0.25, 0.3) is 0 Å². The lowest BCUT2D eigenvalue weighted by molar-refractivity contribution is 0.0647. The van der Waals surface area contributed by atoms with Gasteiger partial charge in [0.15, 0.2) is 6.23 Å². The van der Waals surface area contributed by atoms with Gasteiger partial charge in [-0.1, -0.05) is 0 Å². The number of rotatable bonds is 3. The first kappa shape index (κ1) is 10.7. The molecule has 2 aromatic rings. The second-order valence-corrected chi connectivity index (χ2v) is 3.13. The quantitative estimate of drug-likeness (QED) is 0.798. The molecule has 84 valence electrons. The molecule has 1 aromatic heterocycles. The monoisotopic (exact) mass is 225 g/mol. The Morgan fingerprint density at radius 3 is 2.75 bits per heavy atom. The number of nitrogens with zero attached hydrogens (tertiary/aromatic N) is 3. The van der Waals surface area contributed by atoms with Crippen LogP contribution >= 0.6 is 0 Å². The van der Waals surface area contributed by atoms with Crippen molar-refractivity contribution in [3.05, 3.63) is 48.1 Å². The first-order valence-corrected chi connectivity index (χ1v) is 4.54. The fourth-order valence-corrected chi connectivity index (χ4v) is 1.42. The zero-order chi connectivity index (χ0) is 11.5. The number of benzene rings is 1. The van der Waals surface area contributed by atoms with Crippen molar-refractivity contribution in [3.8, 4) is 0 Å². The summed E-state index contributed by atoms with van der Waals surface area (Å²) in [6, 6.07) is 3.29. The van der Waals surface area contributed by atoms with Crippen molar-refractivity contribution in [2.75, 3.05) is 7.11 Å². The van der Waals surface area contributed by atoms with Crippen LogP contribution < -0.4 is 0 Å². The van der Waals surface area contributed by atoms with Gasteiger partial charge in [0.1, 0.15) is 24.3 Å². The molecule has 4 nitrogen and oxygen atoms in total. The van der Waals surface area contributed by atoms with Crippen LogP contribution in [0.3, 0.4) is 0 Å². The molecular weight excluding hydrogens is 216 g/mol. The lowest BCUT2D eigenvalue weighted by atomic mass is 10.2. The Kier molecular flexibility index (Phi) is 2.91. The average Bonchev–Trinajstić information content (AvgIpc) is 2.75. The van der Waals surface area contributed by atoms with E-state index >= 15 is 0 Å². The zero-order valence-electron chi connectivity index (χ0n) is 8.47. The maximum atomic E-state index is 13.5. The van der Waals surface area contributed by atoms with Gasteiger partial charge in [-0.25, -0.2) is 18.4 Å². The van der Waals surface area contributed by atoms with Gasteiger partial charge in [0.25, 0.3) is 0 Å². The molecule has 0 aliphatic rings. The van der Waals surface area contributed by atoms with Gasteiger partial charge in [0, 0.05) is 18.7 Å². The molecule has 2 rings (SSSR count). The predicted molar refractivity (Wildman–Crippen MR) is 51.5 cm³/mol. The molecule has 0 amide bonds. The Morgan fingerprint density at radius 1 is 1.38 bits per heavy atom. The van der Waals surface area contributed by atoms with Gasteiger partial charge in [-0.05, 0) is 12.1 Å². The van der Waals surface area contributed by atoms with Gasteiger partial charge in [-0.2, -0.15) is 5.10 Å². The highest BCUT2D eigenvalue weighted by atomic mass is 19.1.